The van der Waals surface area contributed by atoms with Gasteiger partial charge in [-0.1, -0.05) is 68.2 Å². The average molecular weight is 438 g/mol. The number of carbonyl (C=O) groups excluding carboxylic acids is 1. The number of nitrogens with one attached hydrogen (secondary N) is 1. The number of rotatable bonds is 5. The topological polar surface area (TPSA) is 35.6 Å². The van der Waals surface area contributed by atoms with Crippen LogP contribution in [0.3, 0.4) is 0 Å². The maximum absolute atomic E-state index is 11.4. The first-order chi connectivity index (χ1) is 14.7. The van der Waals surface area contributed by atoms with Gasteiger partial charge in [-0.15, -0.1) is 5.92 Å². The normalized spacial score (nSPS) is 18.6. The molecule has 0 bridgehead atoms. The third-order valence-corrected chi connectivity index (χ3v) is 5.69. The molecule has 0 aromatic heterocycles. The van der Waals surface area contributed by atoms with E-state index in [1.165, 1.54) is 32.5 Å². The van der Waals surface area contributed by atoms with Crippen molar-refractivity contribution in [2.75, 3.05) is 39.3 Å². The molecule has 0 atom stereocenters. The first-order valence-corrected chi connectivity index (χ1v) is 13.0. The lowest BCUT2D eigenvalue weighted by Crippen LogP contribution is -2.45. The molecule has 0 aromatic carbocycles. The van der Waals surface area contributed by atoms with E-state index in [-0.39, 0.29) is 13.3 Å². The predicted molar refractivity (Wildman–Crippen MR) is 138 cm³/mol. The fourth-order valence-corrected chi connectivity index (χ4v) is 3.82. The van der Waals surface area contributed by atoms with E-state index in [2.05, 4.69) is 61.6 Å². The van der Waals surface area contributed by atoms with Crippen LogP contribution in [0.2, 0.25) is 0 Å². The molecular weight excluding hydrogens is 382 g/mol. The van der Waals surface area contributed by atoms with E-state index in [1.54, 1.807) is 0 Å². The van der Waals surface area contributed by atoms with Crippen LogP contribution >= 0.6 is 0 Å². The van der Waals surface area contributed by atoms with Crippen molar-refractivity contribution in [1.29, 1.82) is 0 Å². The summed E-state index contributed by atoms with van der Waals surface area (Å²) in [6.45, 7) is 26.1. The van der Waals surface area contributed by atoms with Gasteiger partial charge in [-0.25, -0.2) is 0 Å². The molecule has 0 spiro atoms. The highest BCUT2D eigenvalue weighted by Crippen LogP contribution is 2.17. The first kappa shape index (κ1) is 29.9. The Labute approximate surface area is 196 Å². The summed E-state index contributed by atoms with van der Waals surface area (Å²) in [7, 11) is 0. The van der Waals surface area contributed by atoms with Gasteiger partial charge in [-0.2, -0.15) is 0 Å². The maximum atomic E-state index is 11.4. The summed E-state index contributed by atoms with van der Waals surface area (Å²) < 4.78 is 0. The molecule has 1 N–H and O–H groups in total. The van der Waals surface area contributed by atoms with Crippen molar-refractivity contribution < 1.29 is 6.22 Å². The molecule has 2 rings (SSSR count). The molecule has 4 heteroatoms. The number of likely N-dealkylation sites (tertiary alicyclic amines) is 2. The zero-order valence-electron chi connectivity index (χ0n) is 22.3. The zero-order valence-corrected chi connectivity index (χ0v) is 22.3. The second-order valence-electron chi connectivity index (χ2n) is 9.78. The fourth-order valence-electron chi connectivity index (χ4n) is 3.82. The molecule has 0 radical (unpaired) electrons. The summed E-state index contributed by atoms with van der Waals surface area (Å²) in [6, 6.07) is 0.410. The van der Waals surface area contributed by atoms with Crippen molar-refractivity contribution in [3.05, 3.63) is 0 Å². The van der Waals surface area contributed by atoms with E-state index in [1.807, 2.05) is 27.7 Å². The van der Waals surface area contributed by atoms with Crippen molar-refractivity contribution in [1.82, 2.24) is 15.1 Å². The molecule has 184 valence electrons. The number of nitrogens with zero attached hydrogens (tertiary/aromatic N) is 2. The number of amides is 1. The summed E-state index contributed by atoms with van der Waals surface area (Å²) in [5.74, 6) is 9.01. The van der Waals surface area contributed by atoms with Gasteiger partial charge in [0.1, 0.15) is 0 Å². The maximum Gasteiger partial charge on any atom is 0.222 e. The van der Waals surface area contributed by atoms with Crippen molar-refractivity contribution in [2.45, 2.75) is 94.0 Å². The Morgan fingerprint density at radius 1 is 0.935 bits per heavy atom. The van der Waals surface area contributed by atoms with E-state index in [0.29, 0.717) is 17.9 Å². The van der Waals surface area contributed by atoms with Crippen LogP contribution in [0.5, 0.6) is 0 Å². The lowest BCUT2D eigenvalue weighted by atomic mass is 9.96. The van der Waals surface area contributed by atoms with Crippen molar-refractivity contribution >= 4 is 5.91 Å². The van der Waals surface area contributed by atoms with Gasteiger partial charge in [-0.3, -0.25) is 4.79 Å². The number of carbonyl (C=O) groups is 1. The van der Waals surface area contributed by atoms with Crippen molar-refractivity contribution in [2.24, 2.45) is 23.7 Å². The molecule has 0 aliphatic carbocycles. The Kier molecular flexibility index (Phi) is 16.9. The van der Waals surface area contributed by atoms with E-state index < -0.39 is 0 Å². The van der Waals surface area contributed by atoms with E-state index in [9.17, 15) is 4.79 Å². The Morgan fingerprint density at radius 3 is 1.87 bits per heavy atom. The lowest BCUT2D eigenvalue weighted by Gasteiger charge is -2.31. The Bertz CT molecular complexity index is 509. The third-order valence-electron chi connectivity index (χ3n) is 5.69. The summed E-state index contributed by atoms with van der Waals surface area (Å²) in [4.78, 5) is 16.4. The molecule has 31 heavy (non-hydrogen) atoms. The molecule has 2 fully saturated rings. The van der Waals surface area contributed by atoms with Gasteiger partial charge in [0.25, 0.3) is 0 Å². The second kappa shape index (κ2) is 17.5. The predicted octanol–water partition coefficient (Wildman–Crippen LogP) is 5.53. The minimum absolute atomic E-state index is 0. The summed E-state index contributed by atoms with van der Waals surface area (Å²) >= 11 is 0. The molecule has 4 nitrogen and oxygen atoms in total. The molecule has 2 aliphatic rings. The van der Waals surface area contributed by atoms with E-state index >= 15 is 0 Å². The molecule has 2 aliphatic heterocycles. The van der Waals surface area contributed by atoms with Crippen LogP contribution < -0.4 is 5.32 Å². The zero-order chi connectivity index (χ0) is 23.8. The van der Waals surface area contributed by atoms with Crippen LogP contribution in [0.4, 0.5) is 0 Å². The molecule has 0 saturated carbocycles. The smallest absolute Gasteiger partial charge is 0.222 e. The standard InChI is InChI=1S/C14H25N.C11H22N2O.C2H6.H2/c1-12(2)5-6-14-7-9-15(10-8-14)11-13(3)4;1-4-13-7-5-10(6-8-13)12-11(14)9(2)3;1-2;/h12-14H,7-11H2,1-4H3;9-10H,4-8H2,1-3H3,(H,12,14);1-2H3;1H. The quantitative estimate of drug-likeness (QED) is 0.575. The molecule has 0 unspecified atom stereocenters. The Balaban J connectivity index is 0. The SMILES string of the molecule is CC.CC(C)C#CC1CCN(CC(C)C)CC1.CCN1CCC(NC(=O)C(C)C)CC1.[HH]. The molecule has 2 saturated heterocycles. The van der Waals surface area contributed by atoms with Gasteiger partial charge in [0, 0.05) is 44.9 Å². The van der Waals surface area contributed by atoms with Crippen LogP contribution in [-0.4, -0.2) is 61.0 Å². The highest BCUT2D eigenvalue weighted by molar-refractivity contribution is 5.78. The van der Waals surface area contributed by atoms with Crippen molar-refractivity contribution in [3.63, 3.8) is 0 Å². The van der Waals surface area contributed by atoms with E-state index in [4.69, 9.17) is 0 Å². The van der Waals surface area contributed by atoms with Gasteiger partial charge >= 0.3 is 0 Å². The largest absolute Gasteiger partial charge is 0.353 e. The Hall–Kier alpha value is -1.05. The minimum Gasteiger partial charge on any atom is -0.353 e. The summed E-state index contributed by atoms with van der Waals surface area (Å²) in [5.41, 5.74) is 0. The van der Waals surface area contributed by atoms with Crippen LogP contribution in [0.15, 0.2) is 0 Å². The molecular formula is C27H55N3O. The van der Waals surface area contributed by atoms with Crippen LogP contribution in [0, 0.1) is 35.5 Å². The fraction of sp³-hybridized carbons (Fsp3) is 0.889. The van der Waals surface area contributed by atoms with Crippen molar-refractivity contribution in [3.8, 4) is 11.8 Å². The van der Waals surface area contributed by atoms with Gasteiger partial charge in [0.15, 0.2) is 0 Å². The molecule has 2 heterocycles. The monoisotopic (exact) mass is 437 g/mol. The lowest BCUT2D eigenvalue weighted by molar-refractivity contribution is -0.125. The highest BCUT2D eigenvalue weighted by Gasteiger charge is 2.20. The van der Waals surface area contributed by atoms with Crippen LogP contribution in [0.25, 0.3) is 0 Å². The van der Waals surface area contributed by atoms with Gasteiger partial charge < -0.3 is 15.1 Å². The first-order valence-electron chi connectivity index (χ1n) is 13.0. The second-order valence-corrected chi connectivity index (χ2v) is 9.78. The van der Waals surface area contributed by atoms with Gasteiger partial charge in [0.2, 0.25) is 5.91 Å². The van der Waals surface area contributed by atoms with E-state index in [0.717, 1.165) is 38.4 Å². The average Bonchev–Trinajstić information content (AvgIpc) is 2.75. The third kappa shape index (κ3) is 14.6. The van der Waals surface area contributed by atoms with Crippen LogP contribution in [-0.2, 0) is 4.79 Å². The van der Waals surface area contributed by atoms with Crippen LogP contribution in [0.1, 0.15) is 89.4 Å². The molecule has 0 aromatic rings. The summed E-state index contributed by atoms with van der Waals surface area (Å²) in [5, 5.41) is 3.10. The Morgan fingerprint density at radius 2 is 1.45 bits per heavy atom. The number of hydrogen-bond donors (Lipinski definition) is 1. The highest BCUT2D eigenvalue weighted by atomic mass is 16.1. The molecule has 1 amide bonds. The summed E-state index contributed by atoms with van der Waals surface area (Å²) in [6.07, 6.45) is 4.75. The number of hydrogen-bond acceptors (Lipinski definition) is 3. The van der Waals surface area contributed by atoms with Gasteiger partial charge in [0.05, 0.1) is 0 Å². The van der Waals surface area contributed by atoms with Gasteiger partial charge in [-0.05, 0) is 51.2 Å². The minimum atomic E-state index is 0. The number of piperidine rings is 2.